The molecule has 3 nitrogen and oxygen atoms in total. The molecule has 0 aliphatic rings. The summed E-state index contributed by atoms with van der Waals surface area (Å²) in [7, 11) is 0. The Labute approximate surface area is 146 Å². The van der Waals surface area contributed by atoms with E-state index in [-0.39, 0.29) is 5.56 Å². The number of halogens is 5. The first kappa shape index (κ1) is 19.8. The van der Waals surface area contributed by atoms with Crippen LogP contribution in [0.25, 0.3) is 11.1 Å². The van der Waals surface area contributed by atoms with Gasteiger partial charge >= 0.3 is 12.1 Å². The van der Waals surface area contributed by atoms with Crippen LogP contribution in [-0.2, 0) is 11.0 Å². The van der Waals surface area contributed by atoms with Crippen molar-refractivity contribution in [2.24, 2.45) is 5.73 Å². The molecule has 140 valence electrons. The first-order valence-electron chi connectivity index (χ1n) is 7.58. The molecule has 2 rings (SSSR count). The number of rotatable bonds is 4. The summed E-state index contributed by atoms with van der Waals surface area (Å²) in [5.41, 5.74) is 3.42. The van der Waals surface area contributed by atoms with Gasteiger partial charge in [-0.05, 0) is 36.6 Å². The summed E-state index contributed by atoms with van der Waals surface area (Å²) in [6.45, 7) is 3.16. The Kier molecular flexibility index (Phi) is 5.36. The predicted octanol–water partition coefficient (Wildman–Crippen LogP) is 4.74. The van der Waals surface area contributed by atoms with E-state index in [1.54, 1.807) is 32.0 Å². The summed E-state index contributed by atoms with van der Waals surface area (Å²) < 4.78 is 69.2. The number of carboxylic acids is 1. The fourth-order valence-electron chi connectivity index (χ4n) is 2.90. The zero-order valence-corrected chi connectivity index (χ0v) is 13.9. The summed E-state index contributed by atoms with van der Waals surface area (Å²) in [5, 5.41) is 8.78. The molecule has 0 saturated heterocycles. The average Bonchev–Trinajstić information content (AvgIpc) is 2.47. The Hall–Kier alpha value is -2.48. The Bertz CT molecular complexity index is 841. The minimum Gasteiger partial charge on any atom is -0.481 e. The van der Waals surface area contributed by atoms with Crippen LogP contribution in [-0.4, -0.2) is 11.1 Å². The van der Waals surface area contributed by atoms with E-state index in [2.05, 4.69) is 0 Å². The molecule has 0 unspecified atom stereocenters. The van der Waals surface area contributed by atoms with E-state index in [1.165, 1.54) is 0 Å². The van der Waals surface area contributed by atoms with Crippen LogP contribution in [0.1, 0.15) is 34.7 Å². The van der Waals surface area contributed by atoms with Gasteiger partial charge in [0.2, 0.25) is 0 Å². The maximum atomic E-state index is 15.0. The molecule has 0 radical (unpaired) electrons. The lowest BCUT2D eigenvalue weighted by Crippen LogP contribution is -2.21. The standard InChI is InChI=1S/C18H16F5NO2/c1-8-4-3-5-9(2)14(8)10-6-11(18(21,22)23)17(20)15(16(10)19)12(24)7-13(25)26/h3-6,12H,7,24H2,1-2H3,(H,25,26)/t12-/m0/s1. The van der Waals surface area contributed by atoms with Crippen molar-refractivity contribution in [1.82, 2.24) is 0 Å². The number of aryl methyl sites for hydroxylation is 2. The number of carboxylic acid groups (broad SMARTS) is 1. The molecule has 2 aromatic rings. The maximum absolute atomic E-state index is 15.0. The highest BCUT2D eigenvalue weighted by Crippen LogP contribution is 2.41. The highest BCUT2D eigenvalue weighted by atomic mass is 19.4. The number of carbonyl (C=O) groups is 1. The van der Waals surface area contributed by atoms with E-state index in [4.69, 9.17) is 10.8 Å². The summed E-state index contributed by atoms with van der Waals surface area (Å²) in [4.78, 5) is 10.8. The Balaban J connectivity index is 2.88. The van der Waals surface area contributed by atoms with Gasteiger partial charge in [0.15, 0.2) is 0 Å². The van der Waals surface area contributed by atoms with Crippen molar-refractivity contribution in [2.45, 2.75) is 32.5 Å². The molecule has 2 aromatic carbocycles. The van der Waals surface area contributed by atoms with Gasteiger partial charge in [-0.25, -0.2) is 8.78 Å². The lowest BCUT2D eigenvalue weighted by atomic mass is 9.89. The summed E-state index contributed by atoms with van der Waals surface area (Å²) in [6.07, 6.45) is -6.01. The first-order chi connectivity index (χ1) is 11.9. The van der Waals surface area contributed by atoms with Crippen molar-refractivity contribution in [1.29, 1.82) is 0 Å². The smallest absolute Gasteiger partial charge is 0.419 e. The van der Waals surface area contributed by atoms with E-state index in [0.717, 1.165) is 0 Å². The zero-order chi connectivity index (χ0) is 19.8. The van der Waals surface area contributed by atoms with Gasteiger partial charge in [0, 0.05) is 17.2 Å². The van der Waals surface area contributed by atoms with Crippen LogP contribution in [0.15, 0.2) is 24.3 Å². The number of aliphatic carboxylic acids is 1. The molecular formula is C18H16F5NO2. The van der Waals surface area contributed by atoms with Gasteiger partial charge in [-0.3, -0.25) is 4.79 Å². The summed E-state index contributed by atoms with van der Waals surface area (Å²) in [6, 6.07) is 3.44. The Morgan fingerprint density at radius 2 is 1.69 bits per heavy atom. The van der Waals surface area contributed by atoms with Crippen LogP contribution >= 0.6 is 0 Å². The van der Waals surface area contributed by atoms with Crippen LogP contribution in [0.5, 0.6) is 0 Å². The van der Waals surface area contributed by atoms with Crippen LogP contribution in [0.4, 0.5) is 22.0 Å². The second-order valence-corrected chi connectivity index (χ2v) is 5.98. The third-order valence-corrected chi connectivity index (χ3v) is 4.06. The number of alkyl halides is 3. The van der Waals surface area contributed by atoms with Crippen molar-refractivity contribution in [3.8, 4) is 11.1 Å². The SMILES string of the molecule is Cc1cccc(C)c1-c1cc(C(F)(F)F)c(F)c([C@@H](N)CC(=O)O)c1F. The molecule has 0 fully saturated rings. The molecule has 8 heteroatoms. The van der Waals surface area contributed by atoms with Crippen molar-refractivity contribution in [3.05, 3.63) is 58.2 Å². The molecule has 0 aliphatic heterocycles. The molecule has 0 amide bonds. The molecule has 1 atom stereocenters. The molecule has 3 N–H and O–H groups in total. The second kappa shape index (κ2) is 7.03. The molecule has 0 aliphatic carbocycles. The second-order valence-electron chi connectivity index (χ2n) is 5.98. The van der Waals surface area contributed by atoms with E-state index < -0.39 is 52.9 Å². The van der Waals surface area contributed by atoms with Gasteiger partial charge in [0.05, 0.1) is 12.0 Å². The Morgan fingerprint density at radius 1 is 1.15 bits per heavy atom. The highest BCUT2D eigenvalue weighted by molar-refractivity contribution is 5.74. The van der Waals surface area contributed by atoms with Gasteiger partial charge in [-0.15, -0.1) is 0 Å². The van der Waals surface area contributed by atoms with Gasteiger partial charge in [0.25, 0.3) is 0 Å². The molecule has 0 saturated carbocycles. The van der Waals surface area contributed by atoms with Gasteiger partial charge < -0.3 is 10.8 Å². The van der Waals surface area contributed by atoms with Gasteiger partial charge in [0.1, 0.15) is 11.6 Å². The van der Waals surface area contributed by atoms with Crippen LogP contribution in [0.2, 0.25) is 0 Å². The third-order valence-electron chi connectivity index (χ3n) is 4.06. The van der Waals surface area contributed by atoms with Crippen LogP contribution < -0.4 is 5.73 Å². The first-order valence-corrected chi connectivity index (χ1v) is 7.58. The largest absolute Gasteiger partial charge is 0.481 e. The molecule has 0 heterocycles. The van der Waals surface area contributed by atoms with E-state index in [0.29, 0.717) is 17.2 Å². The van der Waals surface area contributed by atoms with Crippen molar-refractivity contribution < 1.29 is 31.9 Å². The monoisotopic (exact) mass is 373 g/mol. The molecule has 0 bridgehead atoms. The van der Waals surface area contributed by atoms with E-state index >= 15 is 0 Å². The van der Waals surface area contributed by atoms with Crippen molar-refractivity contribution in [2.75, 3.05) is 0 Å². The summed E-state index contributed by atoms with van der Waals surface area (Å²) in [5.74, 6) is -4.66. The topological polar surface area (TPSA) is 63.3 Å². The van der Waals surface area contributed by atoms with Crippen LogP contribution in [0, 0.1) is 25.5 Å². The molecule has 0 spiro atoms. The predicted molar refractivity (Wildman–Crippen MR) is 85.5 cm³/mol. The van der Waals surface area contributed by atoms with E-state index in [9.17, 15) is 26.7 Å². The normalized spacial score (nSPS) is 12.9. The fourth-order valence-corrected chi connectivity index (χ4v) is 2.90. The molecular weight excluding hydrogens is 357 g/mol. The lowest BCUT2D eigenvalue weighted by Gasteiger charge is -2.20. The van der Waals surface area contributed by atoms with Gasteiger partial charge in [-0.2, -0.15) is 13.2 Å². The zero-order valence-electron chi connectivity index (χ0n) is 13.9. The van der Waals surface area contributed by atoms with Crippen LogP contribution in [0.3, 0.4) is 0 Å². The number of hydrogen-bond acceptors (Lipinski definition) is 2. The number of hydrogen-bond donors (Lipinski definition) is 2. The highest BCUT2D eigenvalue weighted by Gasteiger charge is 2.38. The quantitative estimate of drug-likeness (QED) is 0.761. The minimum atomic E-state index is -5.10. The molecule has 26 heavy (non-hydrogen) atoms. The maximum Gasteiger partial charge on any atom is 0.419 e. The lowest BCUT2D eigenvalue weighted by molar-refractivity contribution is -0.140. The minimum absolute atomic E-state index is 0.180. The van der Waals surface area contributed by atoms with Gasteiger partial charge in [-0.1, -0.05) is 18.2 Å². The van der Waals surface area contributed by atoms with E-state index in [1.807, 2.05) is 0 Å². The summed E-state index contributed by atoms with van der Waals surface area (Å²) >= 11 is 0. The Morgan fingerprint density at radius 3 is 2.15 bits per heavy atom. The third kappa shape index (κ3) is 3.70. The van der Waals surface area contributed by atoms with Crippen molar-refractivity contribution >= 4 is 5.97 Å². The molecule has 0 aromatic heterocycles. The number of benzene rings is 2. The van der Waals surface area contributed by atoms with Crippen molar-refractivity contribution in [3.63, 3.8) is 0 Å². The average molecular weight is 373 g/mol. The number of nitrogens with two attached hydrogens (primary N) is 1. The fraction of sp³-hybridized carbons (Fsp3) is 0.278.